The molecule has 21 heavy (non-hydrogen) atoms. The molecule has 1 aliphatic heterocycles. The van der Waals surface area contributed by atoms with E-state index in [-0.39, 0.29) is 11.6 Å². The normalized spacial score (nSPS) is 20.4. The summed E-state index contributed by atoms with van der Waals surface area (Å²) < 4.78 is 13.1. The van der Waals surface area contributed by atoms with Crippen LogP contribution in [-0.2, 0) is 4.79 Å². The van der Waals surface area contributed by atoms with Crippen molar-refractivity contribution < 1.29 is 9.18 Å². The second kappa shape index (κ2) is 6.87. The largest absolute Gasteiger partial charge is 0.396 e. The minimum Gasteiger partial charge on any atom is -0.396 e. The zero-order valence-electron chi connectivity index (χ0n) is 12.6. The van der Waals surface area contributed by atoms with Crippen molar-refractivity contribution >= 4 is 17.3 Å². The molecule has 0 radical (unpaired) electrons. The minimum absolute atomic E-state index is 0.0421. The summed E-state index contributed by atoms with van der Waals surface area (Å²) in [5.74, 6) is -0.550. The van der Waals surface area contributed by atoms with Gasteiger partial charge in [0.1, 0.15) is 5.82 Å². The number of piperazine rings is 1. The maximum absolute atomic E-state index is 13.1. The van der Waals surface area contributed by atoms with Crippen molar-refractivity contribution in [3.63, 3.8) is 0 Å². The SMILES string of the molecule is CC1CN(C)CCN1CCC(=O)Nc1ccc(F)c(N)c1. The summed E-state index contributed by atoms with van der Waals surface area (Å²) in [5.41, 5.74) is 6.05. The lowest BCUT2D eigenvalue weighted by molar-refractivity contribution is -0.116. The van der Waals surface area contributed by atoms with E-state index in [2.05, 4.69) is 29.1 Å². The van der Waals surface area contributed by atoms with Gasteiger partial charge in [0.15, 0.2) is 0 Å². The number of likely N-dealkylation sites (N-methyl/N-ethyl adjacent to an activating group) is 1. The second-order valence-electron chi connectivity index (χ2n) is 5.68. The fourth-order valence-electron chi connectivity index (χ4n) is 2.60. The van der Waals surface area contributed by atoms with Crippen molar-refractivity contribution in [3.05, 3.63) is 24.0 Å². The van der Waals surface area contributed by atoms with Crippen LogP contribution in [0.1, 0.15) is 13.3 Å². The van der Waals surface area contributed by atoms with Crippen molar-refractivity contribution in [2.45, 2.75) is 19.4 Å². The highest BCUT2D eigenvalue weighted by molar-refractivity contribution is 5.91. The first-order valence-electron chi connectivity index (χ1n) is 7.23. The molecule has 1 aliphatic rings. The standard InChI is InChI=1S/C15H23FN4O/c1-11-10-19(2)7-8-20(11)6-5-15(21)18-12-3-4-13(16)14(17)9-12/h3-4,9,11H,5-8,10,17H2,1-2H3,(H,18,21). The van der Waals surface area contributed by atoms with E-state index in [0.29, 0.717) is 18.2 Å². The van der Waals surface area contributed by atoms with E-state index in [0.717, 1.165) is 26.2 Å². The molecule has 1 heterocycles. The molecule has 0 bridgehead atoms. The number of nitrogens with one attached hydrogen (secondary N) is 1. The average Bonchev–Trinajstić information content (AvgIpc) is 2.42. The fraction of sp³-hybridized carbons (Fsp3) is 0.533. The lowest BCUT2D eigenvalue weighted by Gasteiger charge is -2.38. The van der Waals surface area contributed by atoms with Crippen molar-refractivity contribution in [1.82, 2.24) is 9.80 Å². The van der Waals surface area contributed by atoms with Gasteiger partial charge in [-0.25, -0.2) is 4.39 Å². The lowest BCUT2D eigenvalue weighted by atomic mass is 10.2. The number of anilines is 2. The minimum atomic E-state index is -0.473. The van der Waals surface area contributed by atoms with Crippen molar-refractivity contribution in [2.24, 2.45) is 0 Å². The predicted molar refractivity (Wildman–Crippen MR) is 82.6 cm³/mol. The highest BCUT2D eigenvalue weighted by Crippen LogP contribution is 2.16. The Labute approximate surface area is 124 Å². The Morgan fingerprint density at radius 1 is 1.48 bits per heavy atom. The Balaban J connectivity index is 1.80. The van der Waals surface area contributed by atoms with Crippen LogP contribution in [0.2, 0.25) is 0 Å². The smallest absolute Gasteiger partial charge is 0.225 e. The van der Waals surface area contributed by atoms with Crippen molar-refractivity contribution in [3.8, 4) is 0 Å². The molecule has 0 spiro atoms. The Morgan fingerprint density at radius 2 is 2.24 bits per heavy atom. The molecule has 3 N–H and O–H groups in total. The van der Waals surface area contributed by atoms with Crippen LogP contribution in [0.15, 0.2) is 18.2 Å². The number of nitrogen functional groups attached to an aromatic ring is 1. The van der Waals surface area contributed by atoms with Gasteiger partial charge in [0.2, 0.25) is 5.91 Å². The maximum atomic E-state index is 13.1. The summed E-state index contributed by atoms with van der Waals surface area (Å²) in [6.45, 7) is 5.94. The molecule has 0 aromatic heterocycles. The summed E-state index contributed by atoms with van der Waals surface area (Å²) in [7, 11) is 2.11. The Morgan fingerprint density at radius 3 is 2.90 bits per heavy atom. The molecule has 1 saturated heterocycles. The monoisotopic (exact) mass is 294 g/mol. The molecule has 5 nitrogen and oxygen atoms in total. The topological polar surface area (TPSA) is 61.6 Å². The van der Waals surface area contributed by atoms with E-state index in [1.807, 2.05) is 0 Å². The van der Waals surface area contributed by atoms with E-state index >= 15 is 0 Å². The van der Waals surface area contributed by atoms with Gasteiger partial charge < -0.3 is 16.0 Å². The fourth-order valence-corrected chi connectivity index (χ4v) is 2.60. The number of carbonyl (C=O) groups excluding carboxylic acids is 1. The summed E-state index contributed by atoms with van der Waals surface area (Å²) >= 11 is 0. The van der Waals surface area contributed by atoms with E-state index in [1.54, 1.807) is 0 Å². The molecular weight excluding hydrogens is 271 g/mol. The van der Waals surface area contributed by atoms with Gasteiger partial charge in [0.05, 0.1) is 5.69 Å². The van der Waals surface area contributed by atoms with Gasteiger partial charge in [-0.3, -0.25) is 9.69 Å². The van der Waals surface area contributed by atoms with Gasteiger partial charge in [0, 0.05) is 44.3 Å². The van der Waals surface area contributed by atoms with Gasteiger partial charge in [-0.2, -0.15) is 0 Å². The third-order valence-corrected chi connectivity index (χ3v) is 3.87. The Kier molecular flexibility index (Phi) is 5.14. The van der Waals surface area contributed by atoms with Gasteiger partial charge in [-0.05, 0) is 32.2 Å². The molecule has 1 fully saturated rings. The molecule has 1 aromatic rings. The number of hydrogen-bond donors (Lipinski definition) is 2. The first kappa shape index (κ1) is 15.7. The van der Waals surface area contributed by atoms with Gasteiger partial charge in [-0.1, -0.05) is 0 Å². The van der Waals surface area contributed by atoms with Crippen LogP contribution < -0.4 is 11.1 Å². The molecule has 6 heteroatoms. The van der Waals surface area contributed by atoms with Crippen LogP contribution in [0.25, 0.3) is 0 Å². The third-order valence-electron chi connectivity index (χ3n) is 3.87. The van der Waals surface area contributed by atoms with Crippen molar-refractivity contribution in [2.75, 3.05) is 44.3 Å². The number of nitrogens with zero attached hydrogens (tertiary/aromatic N) is 2. The van der Waals surface area contributed by atoms with Crippen LogP contribution in [0, 0.1) is 5.82 Å². The molecule has 0 aliphatic carbocycles. The number of halogens is 1. The average molecular weight is 294 g/mol. The summed E-state index contributed by atoms with van der Waals surface area (Å²) in [6, 6.07) is 4.67. The predicted octanol–water partition coefficient (Wildman–Crippen LogP) is 1.37. The quantitative estimate of drug-likeness (QED) is 0.824. The Bertz CT molecular complexity index is 508. The van der Waals surface area contributed by atoms with Gasteiger partial charge in [-0.15, -0.1) is 0 Å². The highest BCUT2D eigenvalue weighted by Gasteiger charge is 2.21. The van der Waals surface area contributed by atoms with Crippen LogP contribution >= 0.6 is 0 Å². The van der Waals surface area contributed by atoms with Crippen LogP contribution in [0.5, 0.6) is 0 Å². The number of carbonyl (C=O) groups is 1. The van der Waals surface area contributed by atoms with Gasteiger partial charge >= 0.3 is 0 Å². The lowest BCUT2D eigenvalue weighted by Crippen LogP contribution is -2.50. The maximum Gasteiger partial charge on any atom is 0.225 e. The molecule has 0 saturated carbocycles. The number of amides is 1. The van der Waals surface area contributed by atoms with Gasteiger partial charge in [0.25, 0.3) is 0 Å². The van der Waals surface area contributed by atoms with E-state index in [4.69, 9.17) is 5.73 Å². The molecule has 116 valence electrons. The molecule has 1 atom stereocenters. The molecule has 1 unspecified atom stereocenters. The molecule has 1 amide bonds. The van der Waals surface area contributed by atoms with Crippen LogP contribution in [0.4, 0.5) is 15.8 Å². The Hall–Kier alpha value is -1.66. The third kappa shape index (κ3) is 4.41. The molecule has 1 aromatic carbocycles. The summed E-state index contributed by atoms with van der Waals surface area (Å²) in [5, 5.41) is 2.75. The first-order valence-corrected chi connectivity index (χ1v) is 7.23. The molecular formula is C15H23FN4O. The highest BCUT2D eigenvalue weighted by atomic mass is 19.1. The van der Waals surface area contributed by atoms with Crippen LogP contribution in [0.3, 0.4) is 0 Å². The number of hydrogen-bond acceptors (Lipinski definition) is 4. The zero-order valence-corrected chi connectivity index (χ0v) is 12.6. The molecule has 2 rings (SSSR count). The number of nitrogens with two attached hydrogens (primary N) is 1. The zero-order chi connectivity index (χ0) is 15.4. The summed E-state index contributed by atoms with van der Waals surface area (Å²) in [6.07, 6.45) is 0.422. The van der Waals surface area contributed by atoms with E-state index < -0.39 is 5.82 Å². The van der Waals surface area contributed by atoms with Crippen molar-refractivity contribution in [1.29, 1.82) is 0 Å². The van der Waals surface area contributed by atoms with E-state index in [1.165, 1.54) is 18.2 Å². The first-order chi connectivity index (χ1) is 9.95. The number of rotatable bonds is 4. The second-order valence-corrected chi connectivity index (χ2v) is 5.68. The number of benzene rings is 1. The van der Waals surface area contributed by atoms with E-state index in [9.17, 15) is 9.18 Å². The van der Waals surface area contributed by atoms with Crippen LogP contribution in [-0.4, -0.2) is 55.0 Å². The summed E-state index contributed by atoms with van der Waals surface area (Å²) in [4.78, 5) is 16.6.